The summed E-state index contributed by atoms with van der Waals surface area (Å²) in [6.07, 6.45) is 0. The Labute approximate surface area is 744 Å². The molecule has 26 rings (SSSR count). The number of fused-ring (bicyclic) bond motifs is 24. The first-order valence-corrected chi connectivity index (χ1v) is 44.3. The highest BCUT2D eigenvalue weighted by Crippen LogP contribution is 2.68. The van der Waals surface area contributed by atoms with Crippen LogP contribution in [-0.2, 0) is 21.7 Å². The van der Waals surface area contributed by atoms with Gasteiger partial charge in [-0.3, -0.25) is 0 Å². The minimum atomic E-state index is -0.617. The molecule has 0 radical (unpaired) electrons. The molecule has 0 fully saturated rings. The molecule has 2 heterocycles. The second-order valence-electron chi connectivity index (χ2n) is 34.3. The lowest BCUT2D eigenvalue weighted by atomic mass is 9.51. The average molecular weight is 1630 g/mol. The Balaban J connectivity index is 0.000000139. The molecular weight excluding hydrogens is 1550 g/mol. The van der Waals surface area contributed by atoms with Crippen molar-refractivity contribution in [2.75, 3.05) is 9.80 Å². The summed E-state index contributed by atoms with van der Waals surface area (Å²) in [5.74, 6) is 0. The first-order chi connectivity index (χ1) is 63.5. The van der Waals surface area contributed by atoms with Crippen LogP contribution in [0.2, 0.25) is 0 Å². The van der Waals surface area contributed by atoms with E-state index in [1.54, 1.807) is 0 Å². The Kier molecular flexibility index (Phi) is 17.2. The van der Waals surface area contributed by atoms with Crippen molar-refractivity contribution < 1.29 is 8.83 Å². The van der Waals surface area contributed by atoms with Crippen molar-refractivity contribution in [3.8, 4) is 44.5 Å². The minimum absolute atomic E-state index is 0.564. The fraction of sp³-hybridized carbons (Fsp3) is 0.0323. The molecule has 0 amide bonds. The van der Waals surface area contributed by atoms with E-state index in [0.29, 0.717) is 0 Å². The van der Waals surface area contributed by atoms with Crippen LogP contribution in [0.15, 0.2) is 506 Å². The molecule has 4 heteroatoms. The van der Waals surface area contributed by atoms with E-state index in [0.717, 1.165) is 78.0 Å². The molecule has 0 bridgehead atoms. The van der Waals surface area contributed by atoms with Gasteiger partial charge in [0.05, 0.1) is 21.7 Å². The van der Waals surface area contributed by atoms with Gasteiger partial charge in [-0.25, -0.2) is 0 Å². The zero-order chi connectivity index (χ0) is 84.5. The number of furan rings is 2. The third-order valence-electron chi connectivity index (χ3n) is 28.0. The summed E-state index contributed by atoms with van der Waals surface area (Å²) in [5, 5.41) is 4.43. The van der Waals surface area contributed by atoms with Crippen molar-refractivity contribution in [1.82, 2.24) is 0 Å². The summed E-state index contributed by atoms with van der Waals surface area (Å²) in [6.45, 7) is 0. The molecule has 0 saturated heterocycles. The number of hydrogen-bond donors (Lipinski definition) is 0. The maximum absolute atomic E-state index is 6.54. The smallest absolute Gasteiger partial charge is 0.137 e. The quantitative estimate of drug-likeness (QED) is 0.122. The van der Waals surface area contributed by atoms with Gasteiger partial charge in [0.25, 0.3) is 0 Å². The molecular formula is C124H82N2O2. The van der Waals surface area contributed by atoms with Crippen LogP contribution in [-0.4, -0.2) is 0 Å². The molecule has 2 spiro atoms. The minimum Gasteiger partial charge on any atom is -0.456 e. The van der Waals surface area contributed by atoms with Gasteiger partial charge in [0.2, 0.25) is 0 Å². The summed E-state index contributed by atoms with van der Waals surface area (Å²) in [7, 11) is 0. The molecule has 0 aliphatic heterocycles. The highest BCUT2D eigenvalue weighted by atomic mass is 16.3. The molecule has 0 saturated carbocycles. The van der Waals surface area contributed by atoms with Gasteiger partial charge in [-0.15, -0.1) is 0 Å². The van der Waals surface area contributed by atoms with Crippen LogP contribution in [0.4, 0.5) is 34.1 Å². The number of benzene rings is 20. The Hall–Kier alpha value is -16.4. The standard InChI is InChI=1S/2C62H41NO/c1-4-18-42(19-5-1)43-32-34-46(35-33-43)63(47-37-39-60-52(40-47)51-25-11-17-31-59(51)64-60)48-36-38-50-49-24-10-12-26-53(49)62(58(50)41-48)56-29-15-13-27-54(56)61(44-20-6-2-7-21-44,45-22-8-3-9-23-45)55-28-14-16-30-57(55)62;1-4-18-42(19-5-1)43-32-34-46(35-33-43)63(48-37-39-52-51-25-11-17-31-59(51)64-60(52)41-48)47-36-38-50-49-24-10-12-26-53(49)62(58(50)40-47)56-29-15-13-27-54(56)61(44-20-6-2-7-21-44,45-22-8-3-9-23-45)55-28-14-16-30-57(55)62/h2*1-41H. The lowest BCUT2D eigenvalue weighted by Gasteiger charge is -2.50. The monoisotopic (exact) mass is 1630 g/mol. The predicted octanol–water partition coefficient (Wildman–Crippen LogP) is 31.6. The van der Waals surface area contributed by atoms with Crippen molar-refractivity contribution in [1.29, 1.82) is 0 Å². The fourth-order valence-corrected chi connectivity index (χ4v) is 22.9. The molecule has 20 aromatic carbocycles. The second kappa shape index (κ2) is 29.7. The van der Waals surface area contributed by atoms with Gasteiger partial charge >= 0.3 is 0 Å². The SMILES string of the molecule is c1ccc(-c2ccc(N(c3ccc4c(c3)C3(c5ccccc5-4)c4ccccc4C(c4ccccc4)(c4ccccc4)c4ccccc43)c3ccc4c(c3)oc3ccccc34)cc2)cc1.c1ccc(-c2ccc(N(c3ccc4c(c3)C3(c5ccccc5-4)c4ccccc4C(c4ccccc4)(c4ccccc4)c4ccccc43)c3ccc4oc5ccccc5c4c3)cc2)cc1. The highest BCUT2D eigenvalue weighted by molar-refractivity contribution is 6.08. The van der Waals surface area contributed by atoms with Gasteiger partial charge in [0.1, 0.15) is 22.3 Å². The molecule has 128 heavy (non-hydrogen) atoms. The number of anilines is 6. The summed E-state index contributed by atoms with van der Waals surface area (Å²) in [6, 6.07) is 183. The van der Waals surface area contributed by atoms with E-state index in [1.165, 1.54) is 134 Å². The summed E-state index contributed by atoms with van der Waals surface area (Å²) >= 11 is 0. The molecule has 2 aromatic heterocycles. The Morgan fingerprint density at radius 3 is 0.781 bits per heavy atom. The third kappa shape index (κ3) is 10.9. The molecule has 4 nitrogen and oxygen atoms in total. The van der Waals surface area contributed by atoms with Crippen LogP contribution < -0.4 is 9.80 Å². The molecule has 0 atom stereocenters. The molecule has 0 N–H and O–H groups in total. The maximum Gasteiger partial charge on any atom is 0.137 e. The zero-order valence-corrected chi connectivity index (χ0v) is 70.1. The van der Waals surface area contributed by atoms with Crippen LogP contribution in [0.25, 0.3) is 88.4 Å². The average Bonchev–Trinajstić information content (AvgIpc) is 1.50. The first kappa shape index (κ1) is 74.2. The normalized spacial score (nSPS) is 13.9. The zero-order valence-electron chi connectivity index (χ0n) is 70.1. The molecule has 600 valence electrons. The summed E-state index contributed by atoms with van der Waals surface area (Å²) < 4.78 is 12.9. The van der Waals surface area contributed by atoms with E-state index in [2.05, 4.69) is 495 Å². The van der Waals surface area contributed by atoms with Gasteiger partial charge in [0.15, 0.2) is 0 Å². The lowest BCUT2D eigenvalue weighted by Crippen LogP contribution is -2.44. The molecule has 4 aliphatic rings. The third-order valence-corrected chi connectivity index (χ3v) is 28.0. The summed E-state index contributed by atoms with van der Waals surface area (Å²) in [5.41, 5.74) is 37.9. The van der Waals surface area contributed by atoms with Gasteiger partial charge in [-0.1, -0.05) is 400 Å². The van der Waals surface area contributed by atoms with E-state index in [-0.39, 0.29) is 0 Å². The van der Waals surface area contributed by atoms with Crippen LogP contribution >= 0.6 is 0 Å². The molecule has 4 aliphatic carbocycles. The summed E-state index contributed by atoms with van der Waals surface area (Å²) in [4.78, 5) is 4.82. The number of rotatable bonds is 12. The lowest BCUT2D eigenvalue weighted by molar-refractivity contribution is 0.623. The van der Waals surface area contributed by atoms with E-state index in [4.69, 9.17) is 8.83 Å². The van der Waals surface area contributed by atoms with E-state index < -0.39 is 21.7 Å². The number of hydrogen-bond acceptors (Lipinski definition) is 4. The van der Waals surface area contributed by atoms with Crippen LogP contribution in [0, 0.1) is 0 Å². The topological polar surface area (TPSA) is 32.8 Å². The predicted molar refractivity (Wildman–Crippen MR) is 526 cm³/mol. The van der Waals surface area contributed by atoms with Crippen molar-refractivity contribution in [3.05, 3.63) is 586 Å². The van der Waals surface area contributed by atoms with Crippen molar-refractivity contribution in [3.63, 3.8) is 0 Å². The first-order valence-electron chi connectivity index (χ1n) is 44.3. The fourth-order valence-electron chi connectivity index (χ4n) is 22.9. The van der Waals surface area contributed by atoms with E-state index in [1.807, 2.05) is 12.1 Å². The van der Waals surface area contributed by atoms with Crippen LogP contribution in [0.1, 0.15) is 89.0 Å². The van der Waals surface area contributed by atoms with Crippen molar-refractivity contribution >= 4 is 78.0 Å². The van der Waals surface area contributed by atoms with Crippen LogP contribution in [0.3, 0.4) is 0 Å². The van der Waals surface area contributed by atoms with Crippen LogP contribution in [0.5, 0.6) is 0 Å². The van der Waals surface area contributed by atoms with Crippen molar-refractivity contribution in [2.24, 2.45) is 0 Å². The molecule has 22 aromatic rings. The van der Waals surface area contributed by atoms with Crippen molar-refractivity contribution in [2.45, 2.75) is 21.7 Å². The number of para-hydroxylation sites is 2. The Bertz CT molecular complexity index is 7870. The van der Waals surface area contributed by atoms with Gasteiger partial charge in [0, 0.05) is 61.7 Å². The van der Waals surface area contributed by atoms with E-state index in [9.17, 15) is 0 Å². The largest absolute Gasteiger partial charge is 0.456 e. The second-order valence-corrected chi connectivity index (χ2v) is 34.3. The Morgan fingerprint density at radius 2 is 0.391 bits per heavy atom. The molecule has 0 unspecified atom stereocenters. The van der Waals surface area contributed by atoms with Gasteiger partial charge in [-0.05, 0) is 225 Å². The van der Waals surface area contributed by atoms with Gasteiger partial charge < -0.3 is 18.6 Å². The Morgan fingerprint density at radius 1 is 0.141 bits per heavy atom. The highest BCUT2D eigenvalue weighted by Gasteiger charge is 2.59. The number of nitrogens with zero attached hydrogens (tertiary/aromatic N) is 2. The maximum atomic E-state index is 6.54. The van der Waals surface area contributed by atoms with E-state index >= 15 is 0 Å². The van der Waals surface area contributed by atoms with Gasteiger partial charge in [-0.2, -0.15) is 0 Å².